The summed E-state index contributed by atoms with van der Waals surface area (Å²) in [6, 6.07) is 7.88. The van der Waals surface area contributed by atoms with Crippen molar-refractivity contribution >= 4 is 17.6 Å². The molecule has 16 heavy (non-hydrogen) atoms. The first kappa shape index (κ1) is 10.3. The van der Waals surface area contributed by atoms with Crippen LogP contribution < -0.4 is 4.90 Å². The summed E-state index contributed by atoms with van der Waals surface area (Å²) in [4.78, 5) is 6.26. The van der Waals surface area contributed by atoms with E-state index in [1.165, 1.54) is 0 Å². The van der Waals surface area contributed by atoms with E-state index < -0.39 is 0 Å². The summed E-state index contributed by atoms with van der Waals surface area (Å²) >= 11 is 0. The van der Waals surface area contributed by atoms with Crippen LogP contribution in [0, 0.1) is 0 Å². The van der Waals surface area contributed by atoms with Crippen molar-refractivity contribution < 1.29 is 0 Å². The van der Waals surface area contributed by atoms with Gasteiger partial charge in [0.1, 0.15) is 0 Å². The fourth-order valence-electron chi connectivity index (χ4n) is 1.19. The van der Waals surface area contributed by atoms with Crippen molar-refractivity contribution in [2.45, 2.75) is 0 Å². The molecule has 1 aromatic heterocycles. The van der Waals surface area contributed by atoms with Gasteiger partial charge in [-0.1, -0.05) is 0 Å². The molecule has 6 heteroatoms. The lowest BCUT2D eigenvalue weighted by Gasteiger charge is -2.11. The Balaban J connectivity index is 2.11. The number of benzene rings is 1. The molecule has 0 amide bonds. The van der Waals surface area contributed by atoms with Gasteiger partial charge in [0, 0.05) is 19.8 Å². The van der Waals surface area contributed by atoms with Crippen molar-refractivity contribution in [1.82, 2.24) is 20.6 Å². The van der Waals surface area contributed by atoms with Crippen LogP contribution in [0.15, 0.2) is 29.3 Å². The number of nitrogens with one attached hydrogen (secondary N) is 1. The van der Waals surface area contributed by atoms with Gasteiger partial charge in [-0.2, -0.15) is 5.21 Å². The monoisotopic (exact) mass is 216 g/mol. The number of H-pyrrole nitrogens is 1. The highest BCUT2D eigenvalue weighted by Crippen LogP contribution is 2.17. The number of rotatable bonds is 3. The van der Waals surface area contributed by atoms with Gasteiger partial charge in [0.2, 0.25) is 5.82 Å². The molecule has 0 radical (unpaired) electrons. The fraction of sp³-hybridized carbons (Fsp3) is 0.200. The Hall–Kier alpha value is -2.24. The molecular formula is C10H12N6. The zero-order valence-electron chi connectivity index (χ0n) is 9.12. The molecule has 0 aliphatic heterocycles. The molecule has 0 atom stereocenters. The van der Waals surface area contributed by atoms with Gasteiger partial charge in [0.05, 0.1) is 11.9 Å². The van der Waals surface area contributed by atoms with E-state index in [0.29, 0.717) is 5.82 Å². The predicted octanol–water partition coefficient (Wildman–Crippen LogP) is 1.02. The first-order valence-corrected chi connectivity index (χ1v) is 4.80. The Labute approximate surface area is 93.0 Å². The van der Waals surface area contributed by atoms with Crippen LogP contribution in [-0.4, -0.2) is 40.9 Å². The van der Waals surface area contributed by atoms with Crippen LogP contribution in [0.5, 0.6) is 0 Å². The smallest absolute Gasteiger partial charge is 0.215 e. The minimum absolute atomic E-state index is 0.469. The number of hydrogen-bond acceptors (Lipinski definition) is 5. The summed E-state index contributed by atoms with van der Waals surface area (Å²) < 4.78 is 0. The van der Waals surface area contributed by atoms with Crippen LogP contribution >= 0.6 is 0 Å². The van der Waals surface area contributed by atoms with E-state index in [9.17, 15) is 0 Å². The Morgan fingerprint density at radius 1 is 1.25 bits per heavy atom. The maximum Gasteiger partial charge on any atom is 0.215 e. The van der Waals surface area contributed by atoms with Gasteiger partial charge in [-0.15, -0.1) is 10.2 Å². The fourth-order valence-corrected chi connectivity index (χ4v) is 1.19. The molecule has 6 nitrogen and oxygen atoms in total. The molecule has 82 valence electrons. The number of anilines is 1. The van der Waals surface area contributed by atoms with Gasteiger partial charge in [0.25, 0.3) is 0 Å². The standard InChI is InChI=1S/C10H12N6/c1-16(2)9-5-3-8(4-6-9)11-7-10-12-14-15-13-10/h3-7H,1-2H3,(H,12,13,14,15). The van der Waals surface area contributed by atoms with Gasteiger partial charge in [-0.3, -0.25) is 4.99 Å². The number of tetrazole rings is 1. The van der Waals surface area contributed by atoms with Crippen molar-refractivity contribution in [3.8, 4) is 0 Å². The van der Waals surface area contributed by atoms with E-state index in [1.54, 1.807) is 6.21 Å². The molecule has 2 rings (SSSR count). The summed E-state index contributed by atoms with van der Waals surface area (Å²) in [5.41, 5.74) is 1.99. The first-order valence-electron chi connectivity index (χ1n) is 4.80. The lowest BCUT2D eigenvalue weighted by molar-refractivity contribution is 0.881. The average Bonchev–Trinajstić information content (AvgIpc) is 2.80. The Bertz CT molecular complexity index is 457. The maximum absolute atomic E-state index is 4.22. The van der Waals surface area contributed by atoms with E-state index >= 15 is 0 Å². The van der Waals surface area contributed by atoms with Gasteiger partial charge < -0.3 is 4.90 Å². The minimum atomic E-state index is 0.469. The molecule has 0 aliphatic rings. The first-order chi connectivity index (χ1) is 7.75. The summed E-state index contributed by atoms with van der Waals surface area (Å²) in [6.45, 7) is 0. The third-order valence-electron chi connectivity index (χ3n) is 2.06. The van der Waals surface area contributed by atoms with Gasteiger partial charge in [-0.25, -0.2) is 0 Å². The molecule has 0 fully saturated rings. The molecule has 0 saturated carbocycles. The zero-order valence-corrected chi connectivity index (χ0v) is 9.12. The molecule has 0 unspecified atom stereocenters. The molecule has 1 aromatic carbocycles. The zero-order chi connectivity index (χ0) is 11.4. The molecule has 0 aliphatic carbocycles. The second-order valence-electron chi connectivity index (χ2n) is 3.44. The van der Waals surface area contributed by atoms with Crippen LogP contribution in [-0.2, 0) is 0 Å². The molecule has 0 bridgehead atoms. The van der Waals surface area contributed by atoms with E-state index in [-0.39, 0.29) is 0 Å². The number of aromatic amines is 1. The number of aromatic nitrogens is 4. The third kappa shape index (κ3) is 2.41. The van der Waals surface area contributed by atoms with Crippen molar-refractivity contribution in [1.29, 1.82) is 0 Å². The number of nitrogens with zero attached hydrogens (tertiary/aromatic N) is 5. The maximum atomic E-state index is 4.22. The van der Waals surface area contributed by atoms with Crippen molar-refractivity contribution in [2.24, 2.45) is 4.99 Å². The molecule has 1 N–H and O–H groups in total. The van der Waals surface area contributed by atoms with Gasteiger partial charge in [0.15, 0.2) is 0 Å². The highest BCUT2D eigenvalue weighted by molar-refractivity contribution is 5.77. The Morgan fingerprint density at radius 3 is 2.56 bits per heavy atom. The van der Waals surface area contributed by atoms with E-state index in [1.807, 2.05) is 43.3 Å². The quantitative estimate of drug-likeness (QED) is 0.777. The Kier molecular flexibility index (Phi) is 2.90. The molecule has 2 aromatic rings. The number of aliphatic imine (C=N–C) groups is 1. The second-order valence-corrected chi connectivity index (χ2v) is 3.44. The summed E-state index contributed by atoms with van der Waals surface area (Å²) in [5, 5.41) is 13.3. The lowest BCUT2D eigenvalue weighted by Crippen LogP contribution is -2.07. The minimum Gasteiger partial charge on any atom is -0.378 e. The van der Waals surface area contributed by atoms with Gasteiger partial charge in [-0.05, 0) is 29.5 Å². The molecule has 1 heterocycles. The van der Waals surface area contributed by atoms with Crippen molar-refractivity contribution in [3.05, 3.63) is 30.1 Å². The van der Waals surface area contributed by atoms with Crippen LogP contribution in [0.1, 0.15) is 5.82 Å². The van der Waals surface area contributed by atoms with E-state index in [4.69, 9.17) is 0 Å². The van der Waals surface area contributed by atoms with Crippen LogP contribution in [0.3, 0.4) is 0 Å². The summed E-state index contributed by atoms with van der Waals surface area (Å²) in [5.74, 6) is 0.469. The molecule has 0 saturated heterocycles. The molecule has 0 spiro atoms. The van der Waals surface area contributed by atoms with Crippen LogP contribution in [0.25, 0.3) is 0 Å². The highest BCUT2D eigenvalue weighted by atomic mass is 15.5. The number of hydrogen-bond donors (Lipinski definition) is 1. The van der Waals surface area contributed by atoms with Crippen molar-refractivity contribution in [2.75, 3.05) is 19.0 Å². The Morgan fingerprint density at radius 2 is 2.00 bits per heavy atom. The highest BCUT2D eigenvalue weighted by Gasteiger charge is 1.95. The normalized spacial score (nSPS) is 10.9. The molecular weight excluding hydrogens is 204 g/mol. The lowest BCUT2D eigenvalue weighted by atomic mass is 10.3. The predicted molar refractivity (Wildman–Crippen MR) is 62.2 cm³/mol. The van der Waals surface area contributed by atoms with Gasteiger partial charge >= 0.3 is 0 Å². The van der Waals surface area contributed by atoms with Crippen LogP contribution in [0.4, 0.5) is 11.4 Å². The van der Waals surface area contributed by atoms with E-state index in [0.717, 1.165) is 11.4 Å². The average molecular weight is 216 g/mol. The second kappa shape index (κ2) is 4.52. The van der Waals surface area contributed by atoms with Crippen molar-refractivity contribution in [3.63, 3.8) is 0 Å². The topological polar surface area (TPSA) is 70.1 Å². The van der Waals surface area contributed by atoms with Crippen LogP contribution in [0.2, 0.25) is 0 Å². The summed E-state index contributed by atoms with van der Waals surface area (Å²) in [7, 11) is 4.00. The SMILES string of the molecule is CN(C)c1ccc(N=Cc2nn[nH]n2)cc1. The largest absolute Gasteiger partial charge is 0.378 e. The summed E-state index contributed by atoms with van der Waals surface area (Å²) in [6.07, 6.45) is 1.56. The van der Waals surface area contributed by atoms with E-state index in [2.05, 4.69) is 25.6 Å². The third-order valence-corrected chi connectivity index (χ3v) is 2.06.